The van der Waals surface area contributed by atoms with Gasteiger partial charge >= 0.3 is 6.80 Å². The van der Waals surface area contributed by atoms with Crippen molar-refractivity contribution >= 4 is 18.2 Å². The summed E-state index contributed by atoms with van der Waals surface area (Å²) < 4.78 is 11.2. The number of phenols is 2. The summed E-state index contributed by atoms with van der Waals surface area (Å²) in [5.41, 5.74) is 1.69. The van der Waals surface area contributed by atoms with E-state index in [9.17, 15) is 14.8 Å². The largest absolute Gasteiger partial charge is 0.508 e. The Morgan fingerprint density at radius 3 is 2.43 bits per heavy atom. The zero-order valence-corrected chi connectivity index (χ0v) is 14.3. The lowest BCUT2D eigenvalue weighted by Gasteiger charge is -2.15. The van der Waals surface area contributed by atoms with Crippen molar-refractivity contribution in [2.24, 2.45) is 0 Å². The fourth-order valence-electron chi connectivity index (χ4n) is 2.35. The summed E-state index contributed by atoms with van der Waals surface area (Å²) in [5.74, 6) is 0.446. The van der Waals surface area contributed by atoms with Gasteiger partial charge in [0.2, 0.25) is 0 Å². The van der Waals surface area contributed by atoms with E-state index in [2.05, 4.69) is 0 Å². The molecule has 0 aromatic heterocycles. The van der Waals surface area contributed by atoms with Crippen molar-refractivity contribution in [1.82, 2.24) is 0 Å². The van der Waals surface area contributed by atoms with Crippen molar-refractivity contribution < 1.29 is 24.6 Å². The Labute approximate surface area is 138 Å². The van der Waals surface area contributed by atoms with Crippen LogP contribution in [0.15, 0.2) is 47.4 Å². The molecule has 0 amide bonds. The van der Waals surface area contributed by atoms with Crippen molar-refractivity contribution in [2.75, 3.05) is 0 Å². The molecule has 1 unspecified atom stereocenters. The van der Waals surface area contributed by atoms with Crippen LogP contribution in [0, 0.1) is 0 Å². The van der Waals surface area contributed by atoms with Crippen LogP contribution in [0.1, 0.15) is 30.4 Å². The lowest BCUT2D eigenvalue weighted by Crippen LogP contribution is -1.97. The lowest BCUT2D eigenvalue weighted by molar-refractivity contribution is 0.397. The van der Waals surface area contributed by atoms with Gasteiger partial charge in [-0.2, -0.15) is 0 Å². The number of phenolic OH excluding ortho intramolecular Hbond substituents is 2. The van der Waals surface area contributed by atoms with Gasteiger partial charge in [0.1, 0.15) is 11.5 Å². The Balaban J connectivity index is 2.13. The molecule has 0 saturated heterocycles. The van der Waals surface area contributed by atoms with Crippen LogP contribution in [-0.2, 0) is 11.0 Å². The summed E-state index contributed by atoms with van der Waals surface area (Å²) in [6.45, 7) is -2.22. The van der Waals surface area contributed by atoms with Gasteiger partial charge in [0.25, 0.3) is 0 Å². The van der Waals surface area contributed by atoms with E-state index in [1.54, 1.807) is 18.2 Å². The average Bonchev–Trinajstić information content (AvgIpc) is 2.46. The number of aromatic hydroxyl groups is 2. The molecule has 23 heavy (non-hydrogen) atoms. The van der Waals surface area contributed by atoms with Gasteiger partial charge in [0.05, 0.1) is 0 Å². The summed E-state index contributed by atoms with van der Waals surface area (Å²) >= 11 is 0.502. The highest BCUT2D eigenvalue weighted by molar-refractivity contribution is 8.54. The molecule has 0 spiro atoms. The van der Waals surface area contributed by atoms with Crippen molar-refractivity contribution in [2.45, 2.75) is 30.6 Å². The average molecular weight is 354 g/mol. The van der Waals surface area contributed by atoms with Crippen molar-refractivity contribution in [3.8, 4) is 11.5 Å². The first kappa shape index (κ1) is 17.9. The standard InChI is InChI=1S/C16H19O5PS/c1-11(12-3-2-4-14(17)9-12)5-6-13-10-15(18)7-8-16(13)23-22(19,20)21/h2-4,7-11,17-18H,5-6H2,1H3,(H2,19,20,21). The topological polar surface area (TPSA) is 98.0 Å². The Hall–Kier alpha value is -1.46. The van der Waals surface area contributed by atoms with Gasteiger partial charge in [-0.05, 0) is 71.6 Å². The Morgan fingerprint density at radius 1 is 1.09 bits per heavy atom. The maximum absolute atomic E-state index is 11.2. The van der Waals surface area contributed by atoms with Crippen LogP contribution in [0.25, 0.3) is 0 Å². The third-order valence-electron chi connectivity index (χ3n) is 3.55. The monoisotopic (exact) mass is 354 g/mol. The van der Waals surface area contributed by atoms with E-state index in [1.165, 1.54) is 18.2 Å². The van der Waals surface area contributed by atoms with Crippen LogP contribution < -0.4 is 0 Å². The van der Waals surface area contributed by atoms with Crippen molar-refractivity contribution in [3.63, 3.8) is 0 Å². The van der Waals surface area contributed by atoms with E-state index in [-0.39, 0.29) is 17.4 Å². The fourth-order valence-corrected chi connectivity index (χ4v) is 4.31. The zero-order chi connectivity index (χ0) is 17.0. The Kier molecular flexibility index (Phi) is 5.76. The molecule has 2 aromatic carbocycles. The molecule has 0 bridgehead atoms. The van der Waals surface area contributed by atoms with E-state index < -0.39 is 6.80 Å². The second-order valence-electron chi connectivity index (χ2n) is 5.41. The van der Waals surface area contributed by atoms with Gasteiger partial charge in [0.15, 0.2) is 0 Å². The summed E-state index contributed by atoms with van der Waals surface area (Å²) in [5, 5.41) is 19.2. The van der Waals surface area contributed by atoms with Crippen molar-refractivity contribution in [1.29, 1.82) is 0 Å². The molecule has 0 radical (unpaired) electrons. The van der Waals surface area contributed by atoms with Crippen LogP contribution >= 0.6 is 18.2 Å². The molecule has 0 aliphatic rings. The van der Waals surface area contributed by atoms with E-state index in [1.807, 2.05) is 13.0 Å². The highest BCUT2D eigenvalue weighted by atomic mass is 32.7. The van der Waals surface area contributed by atoms with Crippen LogP contribution in [-0.4, -0.2) is 20.0 Å². The quantitative estimate of drug-likeness (QED) is 0.585. The SMILES string of the molecule is CC(CCc1cc(O)ccc1SP(=O)(O)O)c1cccc(O)c1. The van der Waals surface area contributed by atoms with E-state index in [0.717, 1.165) is 12.0 Å². The molecule has 4 N–H and O–H groups in total. The predicted octanol–water partition coefficient (Wildman–Crippen LogP) is 4.02. The maximum Gasteiger partial charge on any atom is 0.388 e. The predicted molar refractivity (Wildman–Crippen MR) is 90.9 cm³/mol. The molecule has 124 valence electrons. The molecule has 2 rings (SSSR count). The molecular weight excluding hydrogens is 335 g/mol. The molecule has 2 aromatic rings. The molecule has 0 fully saturated rings. The molecule has 7 heteroatoms. The second-order valence-corrected chi connectivity index (χ2v) is 8.99. The zero-order valence-electron chi connectivity index (χ0n) is 12.6. The van der Waals surface area contributed by atoms with Crippen LogP contribution in [0.4, 0.5) is 0 Å². The third kappa shape index (κ3) is 5.59. The second kappa shape index (κ2) is 7.41. The maximum atomic E-state index is 11.2. The van der Waals surface area contributed by atoms with Gasteiger partial charge in [-0.15, -0.1) is 0 Å². The minimum Gasteiger partial charge on any atom is -0.508 e. The molecule has 5 nitrogen and oxygen atoms in total. The first-order valence-corrected chi connectivity index (χ1v) is 10.1. The summed E-state index contributed by atoms with van der Waals surface area (Å²) in [6.07, 6.45) is 1.29. The van der Waals surface area contributed by atoms with Crippen LogP contribution in [0.3, 0.4) is 0 Å². The highest BCUT2D eigenvalue weighted by Crippen LogP contribution is 2.55. The smallest absolute Gasteiger partial charge is 0.388 e. The molecule has 0 aliphatic carbocycles. The third-order valence-corrected chi connectivity index (χ3v) is 5.68. The summed E-state index contributed by atoms with van der Waals surface area (Å²) in [7, 11) is 0. The Bertz CT molecular complexity index is 728. The normalized spacial score (nSPS) is 13.0. The van der Waals surface area contributed by atoms with Crippen molar-refractivity contribution in [3.05, 3.63) is 53.6 Å². The molecule has 0 aliphatic heterocycles. The van der Waals surface area contributed by atoms with Gasteiger partial charge in [-0.25, -0.2) is 4.57 Å². The van der Waals surface area contributed by atoms with Crippen LogP contribution in [0.2, 0.25) is 0 Å². The minimum atomic E-state index is -4.24. The van der Waals surface area contributed by atoms with E-state index in [4.69, 9.17) is 9.79 Å². The molecule has 0 saturated carbocycles. The summed E-state index contributed by atoms with van der Waals surface area (Å²) in [4.78, 5) is 18.7. The lowest BCUT2D eigenvalue weighted by atomic mass is 9.94. The fraction of sp³-hybridized carbons (Fsp3) is 0.250. The van der Waals surface area contributed by atoms with Gasteiger partial charge in [-0.1, -0.05) is 19.1 Å². The molecule has 0 heterocycles. The first-order chi connectivity index (χ1) is 10.7. The minimum absolute atomic E-state index is 0.0695. The van der Waals surface area contributed by atoms with E-state index in [0.29, 0.717) is 28.3 Å². The molecule has 1 atom stereocenters. The van der Waals surface area contributed by atoms with Gasteiger partial charge < -0.3 is 20.0 Å². The number of rotatable bonds is 6. The highest BCUT2D eigenvalue weighted by Gasteiger charge is 2.19. The number of benzene rings is 2. The summed E-state index contributed by atoms with van der Waals surface area (Å²) in [6, 6.07) is 11.5. The number of aryl methyl sites for hydroxylation is 1. The van der Waals surface area contributed by atoms with Gasteiger partial charge in [-0.3, -0.25) is 0 Å². The van der Waals surface area contributed by atoms with Gasteiger partial charge in [0, 0.05) is 4.90 Å². The number of hydrogen-bond donors (Lipinski definition) is 4. The first-order valence-electron chi connectivity index (χ1n) is 7.10. The Morgan fingerprint density at radius 2 is 1.78 bits per heavy atom. The molecular formula is C16H19O5PS. The van der Waals surface area contributed by atoms with E-state index >= 15 is 0 Å². The number of hydrogen-bond acceptors (Lipinski definition) is 4. The van der Waals surface area contributed by atoms with Crippen LogP contribution in [0.5, 0.6) is 11.5 Å².